The van der Waals surface area contributed by atoms with Gasteiger partial charge in [-0.05, 0) is 84.0 Å². The van der Waals surface area contributed by atoms with Crippen molar-refractivity contribution in [2.45, 2.75) is 72.4 Å². The van der Waals surface area contributed by atoms with Gasteiger partial charge in [-0.2, -0.15) is 0 Å². The fourth-order valence-electron chi connectivity index (χ4n) is 4.43. The lowest BCUT2D eigenvalue weighted by molar-refractivity contribution is 1.05. The molecule has 3 aromatic rings. The normalized spacial score (nSPS) is 11.1. The van der Waals surface area contributed by atoms with E-state index in [4.69, 9.17) is 0 Å². The van der Waals surface area contributed by atoms with Crippen LogP contribution in [0, 0.1) is 6.92 Å². The van der Waals surface area contributed by atoms with E-state index in [1.165, 1.54) is 56.1 Å². The molecule has 0 saturated heterocycles. The van der Waals surface area contributed by atoms with E-state index in [-0.39, 0.29) is 0 Å². The second kappa shape index (κ2) is 10.8. The van der Waals surface area contributed by atoms with Gasteiger partial charge in [-0.3, -0.25) is 0 Å². The van der Waals surface area contributed by atoms with E-state index in [1.807, 2.05) is 0 Å². The molecule has 0 heterocycles. The maximum Gasteiger partial charge on any atom is 0.0394 e. The Balaban J connectivity index is 1.90. The van der Waals surface area contributed by atoms with Crippen LogP contribution in [-0.2, 0) is 38.1 Å². The van der Waals surface area contributed by atoms with Crippen LogP contribution in [0.5, 0.6) is 0 Å². The highest BCUT2D eigenvalue weighted by atomic mass is 28.2. The lowest BCUT2D eigenvalue weighted by atomic mass is 9.93. The van der Waals surface area contributed by atoms with Crippen molar-refractivity contribution < 1.29 is 0 Å². The van der Waals surface area contributed by atoms with E-state index < -0.39 is 0 Å². The van der Waals surface area contributed by atoms with Gasteiger partial charge >= 0.3 is 0 Å². The van der Waals surface area contributed by atoms with Crippen molar-refractivity contribution >= 4 is 9.52 Å². The van der Waals surface area contributed by atoms with Crippen LogP contribution in [0.1, 0.15) is 70.8 Å². The Kier molecular flexibility index (Phi) is 8.10. The summed E-state index contributed by atoms with van der Waals surface area (Å²) in [7, 11) is 0.975. The van der Waals surface area contributed by atoms with E-state index >= 15 is 0 Å². The molecule has 0 aliphatic carbocycles. The highest BCUT2D eigenvalue weighted by molar-refractivity contribution is 6.32. The molecule has 0 aliphatic heterocycles. The molecule has 0 bridgehead atoms. The molecule has 0 aromatic heterocycles. The smallest absolute Gasteiger partial charge is 0.0394 e. The summed E-state index contributed by atoms with van der Waals surface area (Å²) in [5.41, 5.74) is 13.0. The Labute approximate surface area is 186 Å². The van der Waals surface area contributed by atoms with Crippen molar-refractivity contribution in [3.8, 4) is 0 Å². The third-order valence-corrected chi connectivity index (χ3v) is 6.61. The maximum absolute atomic E-state index is 2.44. The third-order valence-electron chi connectivity index (χ3n) is 5.84. The molecule has 156 valence electrons. The molecule has 1 heteroatoms. The van der Waals surface area contributed by atoms with E-state index in [2.05, 4.69) is 88.8 Å². The molecule has 30 heavy (non-hydrogen) atoms. The van der Waals surface area contributed by atoms with Crippen LogP contribution in [0.3, 0.4) is 0 Å². The summed E-state index contributed by atoms with van der Waals surface area (Å²) in [6.07, 6.45) is 5.35. The minimum absolute atomic E-state index is 0.975. The van der Waals surface area contributed by atoms with Gasteiger partial charge in [0.1, 0.15) is 0 Å². The summed E-state index contributed by atoms with van der Waals surface area (Å²) >= 11 is 0. The zero-order chi connectivity index (χ0) is 21.5. The Morgan fingerprint density at radius 3 is 1.30 bits per heavy atom. The monoisotopic (exact) mass is 412 g/mol. The van der Waals surface area contributed by atoms with Gasteiger partial charge in [0.25, 0.3) is 0 Å². The molecule has 3 rings (SSSR count). The molecule has 0 fully saturated rings. The van der Waals surface area contributed by atoms with Gasteiger partial charge in [-0.1, -0.05) is 93.0 Å². The van der Waals surface area contributed by atoms with Crippen molar-refractivity contribution in [2.24, 2.45) is 0 Å². The lowest BCUT2D eigenvalue weighted by Gasteiger charge is -2.13. The van der Waals surface area contributed by atoms with Crippen LogP contribution in [0.15, 0.2) is 54.6 Å². The first-order chi connectivity index (χ1) is 14.5. The van der Waals surface area contributed by atoms with Gasteiger partial charge in [-0.15, -0.1) is 0 Å². The summed E-state index contributed by atoms with van der Waals surface area (Å²) in [5, 5.41) is 0. The standard InChI is InChI=1S/C29H36Si/c1-6-22-9-21(4)10-25(11-22)16-26-12-23(7-2)13-27(17-26)18-28-14-24(8-3)15-29(19-28)20-30-5/h9-15,17,19H,6-8,16,18,20H2,1-5H3. The molecular weight excluding hydrogens is 376 g/mol. The second-order valence-corrected chi connectivity index (χ2v) is 9.65. The zero-order valence-electron chi connectivity index (χ0n) is 19.4. The highest BCUT2D eigenvalue weighted by Crippen LogP contribution is 2.21. The molecule has 0 spiro atoms. The van der Waals surface area contributed by atoms with Crippen molar-refractivity contribution in [2.75, 3.05) is 0 Å². The first-order valence-corrected chi connectivity index (χ1v) is 13.2. The van der Waals surface area contributed by atoms with Crippen molar-refractivity contribution in [1.29, 1.82) is 0 Å². The van der Waals surface area contributed by atoms with Gasteiger partial charge in [0.15, 0.2) is 0 Å². The summed E-state index contributed by atoms with van der Waals surface area (Å²) in [6, 6.07) is 22.7. The minimum atomic E-state index is 0.975. The third kappa shape index (κ3) is 6.19. The number of aryl methyl sites for hydroxylation is 4. The van der Waals surface area contributed by atoms with Crippen LogP contribution in [0.4, 0.5) is 0 Å². The molecular formula is C29H36Si. The average molecular weight is 413 g/mol. The van der Waals surface area contributed by atoms with Crippen molar-refractivity contribution in [3.05, 3.63) is 105 Å². The van der Waals surface area contributed by atoms with Crippen LogP contribution >= 0.6 is 0 Å². The number of benzene rings is 3. The fourth-order valence-corrected chi connectivity index (χ4v) is 5.04. The van der Waals surface area contributed by atoms with Gasteiger partial charge < -0.3 is 0 Å². The predicted octanol–water partition coefficient (Wildman–Crippen LogP) is 7.12. The molecule has 0 unspecified atom stereocenters. The van der Waals surface area contributed by atoms with Crippen LogP contribution in [0.25, 0.3) is 0 Å². The van der Waals surface area contributed by atoms with E-state index in [9.17, 15) is 0 Å². The summed E-state index contributed by atoms with van der Waals surface area (Å²) in [4.78, 5) is 0. The van der Waals surface area contributed by atoms with E-state index in [0.717, 1.165) is 41.6 Å². The largest absolute Gasteiger partial charge is 0.0730 e. The number of hydrogen-bond donors (Lipinski definition) is 0. The molecule has 0 N–H and O–H groups in total. The van der Waals surface area contributed by atoms with E-state index in [0.29, 0.717) is 0 Å². The van der Waals surface area contributed by atoms with Crippen LogP contribution < -0.4 is 0 Å². The molecule has 0 saturated carbocycles. The minimum Gasteiger partial charge on any atom is -0.0730 e. The summed E-state index contributed by atoms with van der Waals surface area (Å²) < 4.78 is 0. The quantitative estimate of drug-likeness (QED) is 0.328. The van der Waals surface area contributed by atoms with Gasteiger partial charge in [-0.25, -0.2) is 0 Å². The van der Waals surface area contributed by atoms with Gasteiger partial charge in [0, 0.05) is 9.52 Å². The molecule has 0 atom stereocenters. The second-order valence-electron chi connectivity index (χ2n) is 8.59. The van der Waals surface area contributed by atoms with Gasteiger partial charge in [0.05, 0.1) is 0 Å². The van der Waals surface area contributed by atoms with Crippen LogP contribution in [-0.4, -0.2) is 9.52 Å². The fraction of sp³-hybridized carbons (Fsp3) is 0.379. The van der Waals surface area contributed by atoms with E-state index in [1.54, 1.807) is 0 Å². The number of hydrogen-bond acceptors (Lipinski definition) is 0. The first kappa shape index (κ1) is 22.6. The Hall–Kier alpha value is -2.12. The molecule has 3 aromatic carbocycles. The van der Waals surface area contributed by atoms with Crippen molar-refractivity contribution in [1.82, 2.24) is 0 Å². The maximum atomic E-state index is 2.44. The average Bonchev–Trinajstić information content (AvgIpc) is 2.73. The lowest BCUT2D eigenvalue weighted by Crippen LogP contribution is -1.99. The number of rotatable bonds is 9. The van der Waals surface area contributed by atoms with Crippen LogP contribution in [0.2, 0.25) is 6.55 Å². The first-order valence-electron chi connectivity index (χ1n) is 11.5. The predicted molar refractivity (Wildman–Crippen MR) is 133 cm³/mol. The highest BCUT2D eigenvalue weighted by Gasteiger charge is 2.07. The van der Waals surface area contributed by atoms with Gasteiger partial charge in [0.2, 0.25) is 0 Å². The Morgan fingerprint density at radius 1 is 0.500 bits per heavy atom. The molecule has 2 radical (unpaired) electrons. The Morgan fingerprint density at radius 2 is 0.833 bits per heavy atom. The molecule has 0 nitrogen and oxygen atoms in total. The van der Waals surface area contributed by atoms with Crippen molar-refractivity contribution in [3.63, 3.8) is 0 Å². The summed E-state index contributed by atoms with van der Waals surface area (Å²) in [6.45, 7) is 11.3. The molecule has 0 aliphatic rings. The topological polar surface area (TPSA) is 0 Å². The Bertz CT molecular complexity index is 984. The molecule has 0 amide bonds. The SMILES string of the molecule is CCc1cc(C)cc(Cc2cc(CC)cc(Cc3cc(CC)cc(C[Si]C)c3)c2)c1. The summed E-state index contributed by atoms with van der Waals surface area (Å²) in [5.74, 6) is 0. The zero-order valence-corrected chi connectivity index (χ0v) is 20.4.